The van der Waals surface area contributed by atoms with Crippen LogP contribution in [0.2, 0.25) is 10.0 Å². The summed E-state index contributed by atoms with van der Waals surface area (Å²) in [6, 6.07) is 10.3. The van der Waals surface area contributed by atoms with Crippen LogP contribution in [0.5, 0.6) is 0 Å². The fourth-order valence-corrected chi connectivity index (χ4v) is 2.97. The zero-order valence-electron chi connectivity index (χ0n) is 12.7. The molecule has 1 aliphatic heterocycles. The second-order valence-corrected chi connectivity index (χ2v) is 6.20. The smallest absolute Gasteiger partial charge is 0.319 e. The monoisotopic (exact) mass is 377 g/mol. The SMILES string of the molecule is O=C(Nc1cc(Cl)cc(Cl)c1)NC1C=C(O)C(=O)Nc2ccccc21. The molecule has 1 heterocycles. The van der Waals surface area contributed by atoms with Crippen molar-refractivity contribution in [1.29, 1.82) is 0 Å². The van der Waals surface area contributed by atoms with E-state index in [2.05, 4.69) is 16.0 Å². The molecular weight excluding hydrogens is 365 g/mol. The summed E-state index contributed by atoms with van der Waals surface area (Å²) in [6.45, 7) is 0. The van der Waals surface area contributed by atoms with Gasteiger partial charge in [-0.3, -0.25) is 4.79 Å². The lowest BCUT2D eigenvalue weighted by Crippen LogP contribution is -2.31. The van der Waals surface area contributed by atoms with E-state index >= 15 is 0 Å². The summed E-state index contributed by atoms with van der Waals surface area (Å²) in [7, 11) is 0. The molecule has 1 atom stereocenters. The molecule has 128 valence electrons. The Bertz CT molecular complexity index is 863. The maximum atomic E-state index is 12.3. The van der Waals surface area contributed by atoms with Gasteiger partial charge in [0, 0.05) is 27.0 Å². The van der Waals surface area contributed by atoms with Crippen LogP contribution in [0.25, 0.3) is 0 Å². The van der Waals surface area contributed by atoms with Crippen LogP contribution < -0.4 is 16.0 Å². The molecule has 0 aromatic heterocycles. The zero-order valence-corrected chi connectivity index (χ0v) is 14.2. The number of hydrogen-bond donors (Lipinski definition) is 4. The third-order valence-electron chi connectivity index (χ3n) is 3.51. The van der Waals surface area contributed by atoms with E-state index in [4.69, 9.17) is 23.2 Å². The Morgan fingerprint density at radius 2 is 1.80 bits per heavy atom. The van der Waals surface area contributed by atoms with Crippen LogP contribution >= 0.6 is 23.2 Å². The second-order valence-electron chi connectivity index (χ2n) is 5.33. The first kappa shape index (κ1) is 17.1. The van der Waals surface area contributed by atoms with Crippen molar-refractivity contribution in [2.75, 3.05) is 10.6 Å². The minimum atomic E-state index is -0.704. The molecule has 1 aliphatic rings. The van der Waals surface area contributed by atoms with Crippen molar-refractivity contribution < 1.29 is 14.7 Å². The summed E-state index contributed by atoms with van der Waals surface area (Å²) >= 11 is 11.8. The number of carbonyl (C=O) groups is 2. The van der Waals surface area contributed by atoms with Crippen LogP contribution in [0.4, 0.5) is 16.2 Å². The van der Waals surface area contributed by atoms with E-state index in [1.165, 1.54) is 6.08 Å². The summed E-state index contributed by atoms with van der Waals surface area (Å²) in [5.41, 5.74) is 1.56. The molecule has 0 bridgehead atoms. The van der Waals surface area contributed by atoms with Gasteiger partial charge in [-0.25, -0.2) is 4.79 Å². The Labute approximate surface area is 153 Å². The van der Waals surface area contributed by atoms with E-state index in [9.17, 15) is 14.7 Å². The number of halogens is 2. The van der Waals surface area contributed by atoms with E-state index in [0.717, 1.165) is 0 Å². The minimum absolute atomic E-state index is 0.384. The molecule has 0 fully saturated rings. The highest BCUT2D eigenvalue weighted by atomic mass is 35.5. The maximum absolute atomic E-state index is 12.3. The van der Waals surface area contributed by atoms with Crippen molar-refractivity contribution in [2.24, 2.45) is 0 Å². The summed E-state index contributed by atoms with van der Waals surface area (Å²) < 4.78 is 0. The molecule has 6 nitrogen and oxygen atoms in total. The predicted octanol–water partition coefficient (Wildman–Crippen LogP) is 4.25. The summed E-state index contributed by atoms with van der Waals surface area (Å²) in [5.74, 6) is -1.12. The molecular formula is C17H13Cl2N3O3. The topological polar surface area (TPSA) is 90.5 Å². The van der Waals surface area contributed by atoms with Crippen molar-refractivity contribution in [2.45, 2.75) is 6.04 Å². The number of para-hydroxylation sites is 1. The predicted molar refractivity (Wildman–Crippen MR) is 97.1 cm³/mol. The zero-order chi connectivity index (χ0) is 18.0. The van der Waals surface area contributed by atoms with E-state index in [1.54, 1.807) is 42.5 Å². The molecule has 3 amide bonds. The summed E-state index contributed by atoms with van der Waals surface area (Å²) in [5, 5.41) is 18.5. The average Bonchev–Trinajstić information content (AvgIpc) is 2.64. The quantitative estimate of drug-likeness (QED) is 0.630. The molecule has 1 unspecified atom stereocenters. The molecule has 0 aliphatic carbocycles. The number of rotatable bonds is 2. The number of benzene rings is 2. The third kappa shape index (κ3) is 4.04. The van der Waals surface area contributed by atoms with Crippen LogP contribution in [-0.4, -0.2) is 17.0 Å². The Kier molecular flexibility index (Phi) is 4.83. The van der Waals surface area contributed by atoms with Crippen LogP contribution in [0.3, 0.4) is 0 Å². The Balaban J connectivity index is 1.83. The van der Waals surface area contributed by atoms with E-state index in [-0.39, 0.29) is 0 Å². The number of anilines is 2. The van der Waals surface area contributed by atoms with Gasteiger partial charge in [-0.1, -0.05) is 41.4 Å². The fourth-order valence-electron chi connectivity index (χ4n) is 2.45. The Hall–Kier alpha value is -2.70. The fraction of sp³-hybridized carbons (Fsp3) is 0.0588. The lowest BCUT2D eigenvalue weighted by molar-refractivity contribution is -0.115. The highest BCUT2D eigenvalue weighted by Crippen LogP contribution is 2.28. The first-order valence-corrected chi connectivity index (χ1v) is 8.02. The molecule has 25 heavy (non-hydrogen) atoms. The number of hydrogen-bond acceptors (Lipinski definition) is 3. The molecule has 0 spiro atoms. The molecule has 8 heteroatoms. The van der Waals surface area contributed by atoms with Crippen LogP contribution in [0, 0.1) is 0 Å². The van der Waals surface area contributed by atoms with Gasteiger partial charge in [-0.05, 0) is 30.3 Å². The van der Waals surface area contributed by atoms with Crippen molar-refractivity contribution in [3.8, 4) is 0 Å². The first-order valence-electron chi connectivity index (χ1n) is 7.27. The molecule has 0 saturated carbocycles. The van der Waals surface area contributed by atoms with Crippen LogP contribution in [0.1, 0.15) is 11.6 Å². The highest BCUT2D eigenvalue weighted by molar-refractivity contribution is 6.35. The normalized spacial score (nSPS) is 16.2. The van der Waals surface area contributed by atoms with Crippen LogP contribution in [-0.2, 0) is 4.79 Å². The summed E-state index contributed by atoms with van der Waals surface area (Å²) in [6.07, 6.45) is 1.27. The molecule has 2 aromatic rings. The van der Waals surface area contributed by atoms with Gasteiger partial charge in [-0.15, -0.1) is 0 Å². The number of amides is 3. The van der Waals surface area contributed by atoms with E-state index < -0.39 is 23.7 Å². The maximum Gasteiger partial charge on any atom is 0.319 e. The molecule has 3 rings (SSSR count). The van der Waals surface area contributed by atoms with Crippen molar-refractivity contribution >= 4 is 46.5 Å². The van der Waals surface area contributed by atoms with Gasteiger partial charge in [-0.2, -0.15) is 0 Å². The Morgan fingerprint density at radius 3 is 2.52 bits per heavy atom. The third-order valence-corrected chi connectivity index (χ3v) is 3.94. The van der Waals surface area contributed by atoms with Crippen molar-refractivity contribution in [3.63, 3.8) is 0 Å². The molecule has 0 radical (unpaired) electrons. The van der Waals surface area contributed by atoms with Gasteiger partial charge < -0.3 is 21.1 Å². The van der Waals surface area contributed by atoms with Gasteiger partial charge >= 0.3 is 6.03 Å². The number of fused-ring (bicyclic) bond motifs is 1. The number of carbonyl (C=O) groups excluding carboxylic acids is 2. The van der Waals surface area contributed by atoms with Crippen molar-refractivity contribution in [1.82, 2.24) is 5.32 Å². The van der Waals surface area contributed by atoms with Crippen molar-refractivity contribution in [3.05, 3.63) is 69.9 Å². The molecule has 0 saturated heterocycles. The van der Waals surface area contributed by atoms with Gasteiger partial charge in [0.25, 0.3) is 5.91 Å². The Morgan fingerprint density at radius 1 is 1.12 bits per heavy atom. The number of nitrogens with one attached hydrogen (secondary N) is 3. The minimum Gasteiger partial charge on any atom is -0.503 e. The lowest BCUT2D eigenvalue weighted by atomic mass is 10.1. The number of urea groups is 1. The highest BCUT2D eigenvalue weighted by Gasteiger charge is 2.23. The van der Waals surface area contributed by atoms with Gasteiger partial charge in [0.05, 0.1) is 6.04 Å². The first-order chi connectivity index (χ1) is 11.9. The average molecular weight is 378 g/mol. The molecule has 4 N–H and O–H groups in total. The van der Waals surface area contributed by atoms with Gasteiger partial charge in [0.1, 0.15) is 0 Å². The lowest BCUT2D eigenvalue weighted by Gasteiger charge is -2.17. The second kappa shape index (κ2) is 7.04. The van der Waals surface area contributed by atoms with E-state index in [1.807, 2.05) is 0 Å². The van der Waals surface area contributed by atoms with Crippen LogP contribution in [0.15, 0.2) is 54.3 Å². The number of aliphatic hydroxyl groups excluding tert-OH is 1. The molecule has 2 aromatic carbocycles. The standard InChI is InChI=1S/C17H13Cl2N3O3/c18-9-5-10(19)7-11(6-9)20-17(25)22-14-8-15(23)16(24)21-13-4-2-1-3-12(13)14/h1-8,14,23H,(H,21,24)(H2,20,22,25). The summed E-state index contributed by atoms with van der Waals surface area (Å²) in [4.78, 5) is 24.1. The van der Waals surface area contributed by atoms with Gasteiger partial charge in [0.2, 0.25) is 0 Å². The largest absolute Gasteiger partial charge is 0.503 e. The number of aliphatic hydroxyl groups is 1. The van der Waals surface area contributed by atoms with E-state index in [0.29, 0.717) is 27.0 Å². The van der Waals surface area contributed by atoms with Gasteiger partial charge in [0.15, 0.2) is 5.76 Å².